The van der Waals surface area contributed by atoms with Crippen molar-refractivity contribution in [1.82, 2.24) is 14.7 Å². The normalized spacial score (nSPS) is 15.9. The van der Waals surface area contributed by atoms with E-state index in [0.29, 0.717) is 13.1 Å². The van der Waals surface area contributed by atoms with Gasteiger partial charge in [-0.25, -0.2) is 4.79 Å². The number of urea groups is 1. The topological polar surface area (TPSA) is 64.1 Å². The van der Waals surface area contributed by atoms with Crippen LogP contribution in [0.3, 0.4) is 0 Å². The maximum atomic E-state index is 12.2. The molecular formula is C13H21N3O3. The molecule has 0 bridgehead atoms. The van der Waals surface area contributed by atoms with E-state index in [1.54, 1.807) is 4.90 Å². The van der Waals surface area contributed by atoms with E-state index >= 15 is 0 Å². The van der Waals surface area contributed by atoms with Crippen LogP contribution in [0.5, 0.6) is 0 Å². The molecule has 1 N–H and O–H groups in total. The Bertz CT molecular complexity index is 357. The molecule has 19 heavy (non-hydrogen) atoms. The molecule has 1 fully saturated rings. The molecule has 1 aliphatic heterocycles. The van der Waals surface area contributed by atoms with Crippen LogP contribution in [-0.2, 0) is 4.79 Å². The molecule has 0 aliphatic carbocycles. The third kappa shape index (κ3) is 4.79. The van der Waals surface area contributed by atoms with E-state index in [9.17, 15) is 9.59 Å². The predicted molar refractivity (Wildman–Crippen MR) is 71.7 cm³/mol. The summed E-state index contributed by atoms with van der Waals surface area (Å²) in [4.78, 5) is 28.0. The number of rotatable bonds is 5. The summed E-state index contributed by atoms with van der Waals surface area (Å²) in [5.41, 5.74) is 0. The summed E-state index contributed by atoms with van der Waals surface area (Å²) in [5, 5.41) is 8.78. The van der Waals surface area contributed by atoms with Crippen LogP contribution < -0.4 is 0 Å². The van der Waals surface area contributed by atoms with Gasteiger partial charge in [0.2, 0.25) is 0 Å². The first-order valence-corrected chi connectivity index (χ1v) is 6.50. The fourth-order valence-corrected chi connectivity index (χ4v) is 2.14. The molecule has 0 aromatic heterocycles. The monoisotopic (exact) mass is 267 g/mol. The van der Waals surface area contributed by atoms with Crippen molar-refractivity contribution in [3.8, 4) is 12.3 Å². The van der Waals surface area contributed by atoms with E-state index in [1.807, 2.05) is 0 Å². The minimum absolute atomic E-state index is 0.0281. The molecule has 106 valence electrons. The standard InChI is InChI=1S/C13H21N3O3/c1-3-5-14-7-9-15(10-8-14)13(19)16(6-4-2)11-12(17)18/h2H,3,5-11H2,1H3,(H,17,18). The van der Waals surface area contributed by atoms with Crippen LogP contribution >= 0.6 is 0 Å². The first-order valence-electron chi connectivity index (χ1n) is 6.50. The molecule has 2 amide bonds. The van der Waals surface area contributed by atoms with Crippen molar-refractivity contribution in [3.05, 3.63) is 0 Å². The van der Waals surface area contributed by atoms with E-state index in [0.717, 1.165) is 26.1 Å². The average molecular weight is 267 g/mol. The third-order valence-corrected chi connectivity index (χ3v) is 3.06. The number of carbonyl (C=O) groups excluding carboxylic acids is 1. The van der Waals surface area contributed by atoms with Crippen LogP contribution in [0.25, 0.3) is 0 Å². The second-order valence-corrected chi connectivity index (χ2v) is 4.57. The Morgan fingerprint density at radius 3 is 2.42 bits per heavy atom. The Hall–Kier alpha value is -1.74. The number of hydrogen-bond donors (Lipinski definition) is 1. The Morgan fingerprint density at radius 1 is 1.32 bits per heavy atom. The summed E-state index contributed by atoms with van der Waals surface area (Å²) in [5.74, 6) is 1.28. The summed E-state index contributed by atoms with van der Waals surface area (Å²) >= 11 is 0. The van der Waals surface area contributed by atoms with E-state index in [1.165, 1.54) is 4.90 Å². The molecule has 0 aromatic rings. The van der Waals surface area contributed by atoms with Crippen molar-refractivity contribution >= 4 is 12.0 Å². The third-order valence-electron chi connectivity index (χ3n) is 3.06. The number of amides is 2. The quantitative estimate of drug-likeness (QED) is 0.720. The SMILES string of the molecule is C#CCN(CC(=O)O)C(=O)N1CCN(CCC)CC1. The fourth-order valence-electron chi connectivity index (χ4n) is 2.14. The van der Waals surface area contributed by atoms with Crippen molar-refractivity contribution in [3.63, 3.8) is 0 Å². The van der Waals surface area contributed by atoms with Crippen LogP contribution in [0.2, 0.25) is 0 Å². The largest absolute Gasteiger partial charge is 0.480 e. The Kier molecular flexibility index (Phi) is 6.16. The van der Waals surface area contributed by atoms with Gasteiger partial charge in [0.15, 0.2) is 0 Å². The molecule has 1 saturated heterocycles. The lowest BCUT2D eigenvalue weighted by Gasteiger charge is -2.36. The summed E-state index contributed by atoms with van der Waals surface area (Å²) in [7, 11) is 0. The van der Waals surface area contributed by atoms with Gasteiger partial charge >= 0.3 is 12.0 Å². The highest BCUT2D eigenvalue weighted by molar-refractivity contribution is 5.80. The second kappa shape index (κ2) is 7.64. The van der Waals surface area contributed by atoms with Crippen LogP contribution in [0.1, 0.15) is 13.3 Å². The van der Waals surface area contributed by atoms with Crippen LogP contribution in [0.4, 0.5) is 4.79 Å². The molecule has 0 atom stereocenters. The molecule has 6 heteroatoms. The highest BCUT2D eigenvalue weighted by atomic mass is 16.4. The van der Waals surface area contributed by atoms with Crippen LogP contribution in [0, 0.1) is 12.3 Å². The zero-order valence-corrected chi connectivity index (χ0v) is 11.3. The lowest BCUT2D eigenvalue weighted by atomic mass is 10.3. The van der Waals surface area contributed by atoms with Crippen molar-refractivity contribution in [2.24, 2.45) is 0 Å². The van der Waals surface area contributed by atoms with Gasteiger partial charge in [0, 0.05) is 26.2 Å². The number of carboxylic acids is 1. The maximum absolute atomic E-state index is 12.2. The van der Waals surface area contributed by atoms with Crippen LogP contribution in [-0.4, -0.2) is 77.6 Å². The zero-order valence-electron chi connectivity index (χ0n) is 11.3. The van der Waals surface area contributed by atoms with Gasteiger partial charge in [-0.3, -0.25) is 9.69 Å². The number of aliphatic carboxylic acids is 1. The van der Waals surface area contributed by atoms with Gasteiger partial charge in [-0.15, -0.1) is 6.42 Å². The van der Waals surface area contributed by atoms with Gasteiger partial charge in [0.1, 0.15) is 6.54 Å². The lowest BCUT2D eigenvalue weighted by molar-refractivity contribution is -0.137. The lowest BCUT2D eigenvalue weighted by Crippen LogP contribution is -2.53. The average Bonchev–Trinajstić information content (AvgIpc) is 2.38. The summed E-state index contributed by atoms with van der Waals surface area (Å²) in [6.07, 6.45) is 6.26. The molecule has 0 unspecified atom stereocenters. The molecule has 0 aromatic carbocycles. The van der Waals surface area contributed by atoms with E-state index in [-0.39, 0.29) is 19.1 Å². The van der Waals surface area contributed by atoms with Gasteiger partial charge in [0.25, 0.3) is 0 Å². The first kappa shape index (κ1) is 15.3. The van der Waals surface area contributed by atoms with Crippen LogP contribution in [0.15, 0.2) is 0 Å². The first-order chi connectivity index (χ1) is 9.08. The molecule has 1 rings (SSSR count). The number of terminal acetylenes is 1. The molecule has 0 saturated carbocycles. The minimum Gasteiger partial charge on any atom is -0.480 e. The summed E-state index contributed by atoms with van der Waals surface area (Å²) < 4.78 is 0. The zero-order chi connectivity index (χ0) is 14.3. The van der Waals surface area contributed by atoms with E-state index in [2.05, 4.69) is 17.7 Å². The van der Waals surface area contributed by atoms with Gasteiger partial charge in [-0.1, -0.05) is 12.8 Å². The Balaban J connectivity index is 2.52. The highest BCUT2D eigenvalue weighted by Gasteiger charge is 2.25. The fraction of sp³-hybridized carbons (Fsp3) is 0.692. The Morgan fingerprint density at radius 2 is 1.95 bits per heavy atom. The van der Waals surface area contributed by atoms with E-state index < -0.39 is 5.97 Å². The highest BCUT2D eigenvalue weighted by Crippen LogP contribution is 2.06. The molecule has 1 heterocycles. The number of nitrogens with zero attached hydrogens (tertiary/aromatic N) is 3. The number of carboxylic acid groups (broad SMARTS) is 1. The van der Waals surface area contributed by atoms with Gasteiger partial charge < -0.3 is 14.9 Å². The molecular weight excluding hydrogens is 246 g/mol. The van der Waals surface area contributed by atoms with Crippen molar-refractivity contribution < 1.29 is 14.7 Å². The summed E-state index contributed by atoms with van der Waals surface area (Å²) in [6, 6.07) is -0.281. The van der Waals surface area contributed by atoms with Crippen molar-refractivity contribution in [2.45, 2.75) is 13.3 Å². The van der Waals surface area contributed by atoms with E-state index in [4.69, 9.17) is 11.5 Å². The summed E-state index contributed by atoms with van der Waals surface area (Å²) in [6.45, 7) is 5.74. The predicted octanol–water partition coefficient (Wildman–Crippen LogP) is 0.154. The smallest absolute Gasteiger partial charge is 0.323 e. The molecule has 1 aliphatic rings. The molecule has 0 radical (unpaired) electrons. The molecule has 6 nitrogen and oxygen atoms in total. The Labute approximate surface area is 114 Å². The van der Waals surface area contributed by atoms with Crippen molar-refractivity contribution in [2.75, 3.05) is 45.8 Å². The molecule has 0 spiro atoms. The maximum Gasteiger partial charge on any atom is 0.323 e. The number of piperazine rings is 1. The van der Waals surface area contributed by atoms with Gasteiger partial charge in [-0.2, -0.15) is 0 Å². The van der Waals surface area contributed by atoms with Gasteiger partial charge in [-0.05, 0) is 13.0 Å². The minimum atomic E-state index is -1.05. The number of carbonyl (C=O) groups is 2. The van der Waals surface area contributed by atoms with Crippen molar-refractivity contribution in [1.29, 1.82) is 0 Å². The number of hydrogen-bond acceptors (Lipinski definition) is 3. The second-order valence-electron chi connectivity index (χ2n) is 4.57. The van der Waals surface area contributed by atoms with Gasteiger partial charge in [0.05, 0.1) is 6.54 Å².